The van der Waals surface area contributed by atoms with E-state index in [4.69, 9.17) is 9.47 Å². The lowest BCUT2D eigenvalue weighted by atomic mass is 9.93. The molecule has 1 atom stereocenters. The Hall–Kier alpha value is -1.75. The first-order chi connectivity index (χ1) is 12.7. The van der Waals surface area contributed by atoms with Gasteiger partial charge in [-0.2, -0.15) is 0 Å². The van der Waals surface area contributed by atoms with Crippen LogP contribution in [0, 0.1) is 11.8 Å². The second kappa shape index (κ2) is 9.26. The summed E-state index contributed by atoms with van der Waals surface area (Å²) in [5.74, 6) is 3.25. The van der Waals surface area contributed by atoms with E-state index in [0.29, 0.717) is 18.9 Å². The average molecular weight is 360 g/mol. The number of likely N-dealkylation sites (tertiary alicyclic amines) is 1. The topological polar surface area (TPSA) is 50.8 Å². The fourth-order valence-corrected chi connectivity index (χ4v) is 3.83. The molecule has 26 heavy (non-hydrogen) atoms. The molecule has 0 radical (unpaired) electrons. The number of ether oxygens (including phenoxy) is 2. The zero-order chi connectivity index (χ0) is 18.4. The number of benzene rings is 1. The van der Waals surface area contributed by atoms with E-state index in [0.717, 1.165) is 29.4 Å². The van der Waals surface area contributed by atoms with Crippen molar-refractivity contribution in [3.63, 3.8) is 0 Å². The molecule has 1 aromatic rings. The van der Waals surface area contributed by atoms with Crippen LogP contribution in [0.3, 0.4) is 0 Å². The molecular weight excluding hydrogens is 328 g/mol. The Kier molecular flexibility index (Phi) is 6.78. The van der Waals surface area contributed by atoms with Crippen molar-refractivity contribution in [2.45, 2.75) is 45.1 Å². The maximum absolute atomic E-state index is 12.3. The van der Waals surface area contributed by atoms with E-state index in [2.05, 4.69) is 10.2 Å². The molecule has 0 unspecified atom stereocenters. The molecule has 1 aliphatic heterocycles. The summed E-state index contributed by atoms with van der Waals surface area (Å²) in [6, 6.07) is 5.67. The zero-order valence-electron chi connectivity index (χ0n) is 16.1. The first kappa shape index (κ1) is 19.0. The highest BCUT2D eigenvalue weighted by Crippen LogP contribution is 2.31. The highest BCUT2D eigenvalue weighted by molar-refractivity contribution is 5.75. The summed E-state index contributed by atoms with van der Waals surface area (Å²) in [5.41, 5.74) is 0.968. The lowest BCUT2D eigenvalue weighted by Gasteiger charge is -2.32. The summed E-state index contributed by atoms with van der Waals surface area (Å²) in [6.07, 6.45) is 6.98. The third kappa shape index (κ3) is 5.63. The highest BCUT2D eigenvalue weighted by Gasteiger charge is 2.27. The molecule has 0 aromatic heterocycles. The lowest BCUT2D eigenvalue weighted by molar-refractivity contribution is -0.121. The minimum atomic E-state index is 0.127. The number of amides is 1. The van der Waals surface area contributed by atoms with E-state index in [-0.39, 0.29) is 5.91 Å². The Balaban J connectivity index is 1.40. The molecular formula is C21H32N2O3. The molecule has 1 N–H and O–H groups in total. The summed E-state index contributed by atoms with van der Waals surface area (Å²) < 4.78 is 10.6. The van der Waals surface area contributed by atoms with E-state index < -0.39 is 0 Å². The van der Waals surface area contributed by atoms with Crippen LogP contribution in [-0.2, 0) is 11.3 Å². The fraction of sp³-hybridized carbons (Fsp3) is 0.667. The predicted molar refractivity (Wildman–Crippen MR) is 103 cm³/mol. The molecule has 1 heterocycles. The Labute approximate surface area is 157 Å². The molecule has 1 saturated carbocycles. The molecule has 1 saturated heterocycles. The number of piperidine rings is 1. The first-order valence-electron chi connectivity index (χ1n) is 9.88. The van der Waals surface area contributed by atoms with Crippen LogP contribution in [0.1, 0.15) is 44.1 Å². The molecule has 144 valence electrons. The Morgan fingerprint density at radius 1 is 1.19 bits per heavy atom. The quantitative estimate of drug-likeness (QED) is 0.735. The number of methoxy groups -OCH3 is 2. The van der Waals surface area contributed by atoms with Crippen molar-refractivity contribution in [3.05, 3.63) is 23.8 Å². The van der Waals surface area contributed by atoms with Gasteiger partial charge >= 0.3 is 0 Å². The van der Waals surface area contributed by atoms with Gasteiger partial charge in [0, 0.05) is 37.7 Å². The number of hydrogen-bond donors (Lipinski definition) is 1. The first-order valence-corrected chi connectivity index (χ1v) is 9.88. The van der Waals surface area contributed by atoms with Crippen LogP contribution in [0.5, 0.6) is 11.5 Å². The third-order valence-corrected chi connectivity index (χ3v) is 5.57. The van der Waals surface area contributed by atoms with E-state index in [1.165, 1.54) is 45.3 Å². The smallest absolute Gasteiger partial charge is 0.220 e. The number of rotatable bonds is 9. The van der Waals surface area contributed by atoms with Gasteiger partial charge in [0.2, 0.25) is 5.91 Å². The highest BCUT2D eigenvalue weighted by atomic mass is 16.5. The zero-order valence-corrected chi connectivity index (χ0v) is 16.1. The van der Waals surface area contributed by atoms with Crippen molar-refractivity contribution in [2.24, 2.45) is 11.8 Å². The molecule has 2 aliphatic rings. The molecule has 5 heteroatoms. The maximum Gasteiger partial charge on any atom is 0.220 e. The van der Waals surface area contributed by atoms with Gasteiger partial charge in [-0.1, -0.05) is 0 Å². The van der Waals surface area contributed by atoms with Crippen LogP contribution >= 0.6 is 0 Å². The van der Waals surface area contributed by atoms with Crippen LogP contribution < -0.4 is 14.8 Å². The summed E-state index contributed by atoms with van der Waals surface area (Å²) >= 11 is 0. The van der Waals surface area contributed by atoms with Gasteiger partial charge in [-0.15, -0.1) is 0 Å². The number of carbonyl (C=O) groups excluding carboxylic acids is 1. The standard InChI is InChI=1S/C21H32N2O3/c1-25-19-9-8-18(20(12-19)26-2)13-22-21(24)10-7-16-4-3-11-23(14-16)15-17-5-6-17/h8-9,12,16-17H,3-7,10-11,13-15H2,1-2H3,(H,22,24)/t16-/m0/s1. The second-order valence-electron chi connectivity index (χ2n) is 7.70. The lowest BCUT2D eigenvalue weighted by Crippen LogP contribution is -2.37. The summed E-state index contributed by atoms with van der Waals surface area (Å²) in [7, 11) is 3.27. The monoisotopic (exact) mass is 360 g/mol. The van der Waals surface area contributed by atoms with Crippen molar-refractivity contribution >= 4 is 5.91 Å². The SMILES string of the molecule is COc1ccc(CNC(=O)CC[C@@H]2CCCN(CC3CC3)C2)c(OC)c1. The molecule has 3 rings (SSSR count). The van der Waals surface area contributed by atoms with Crippen molar-refractivity contribution in [1.29, 1.82) is 0 Å². The summed E-state index contributed by atoms with van der Waals surface area (Å²) in [5, 5.41) is 3.03. The number of nitrogens with one attached hydrogen (secondary N) is 1. The van der Waals surface area contributed by atoms with Crippen molar-refractivity contribution in [3.8, 4) is 11.5 Å². The van der Waals surface area contributed by atoms with Gasteiger partial charge in [0.25, 0.3) is 0 Å². The van der Waals surface area contributed by atoms with Crippen LogP contribution in [0.4, 0.5) is 0 Å². The van der Waals surface area contributed by atoms with Gasteiger partial charge < -0.3 is 19.7 Å². The van der Waals surface area contributed by atoms with Gasteiger partial charge in [0.15, 0.2) is 0 Å². The van der Waals surface area contributed by atoms with E-state index >= 15 is 0 Å². The van der Waals surface area contributed by atoms with Crippen LogP contribution in [0.2, 0.25) is 0 Å². The summed E-state index contributed by atoms with van der Waals surface area (Å²) in [6.45, 7) is 4.19. The van der Waals surface area contributed by atoms with Crippen molar-refractivity contribution < 1.29 is 14.3 Å². The summed E-state index contributed by atoms with van der Waals surface area (Å²) in [4.78, 5) is 14.9. The van der Waals surface area contributed by atoms with E-state index in [1.807, 2.05) is 18.2 Å². The average Bonchev–Trinajstić information content (AvgIpc) is 3.48. The van der Waals surface area contributed by atoms with Gasteiger partial charge in [-0.25, -0.2) is 0 Å². The molecule has 0 spiro atoms. The Morgan fingerprint density at radius 2 is 2.04 bits per heavy atom. The minimum absolute atomic E-state index is 0.127. The maximum atomic E-state index is 12.3. The normalized spacial score (nSPS) is 20.6. The number of carbonyl (C=O) groups is 1. The van der Waals surface area contributed by atoms with Crippen LogP contribution in [0.15, 0.2) is 18.2 Å². The van der Waals surface area contributed by atoms with E-state index in [9.17, 15) is 4.79 Å². The minimum Gasteiger partial charge on any atom is -0.497 e. The van der Waals surface area contributed by atoms with Crippen LogP contribution in [0.25, 0.3) is 0 Å². The van der Waals surface area contributed by atoms with Crippen LogP contribution in [-0.4, -0.2) is 44.7 Å². The van der Waals surface area contributed by atoms with Gasteiger partial charge in [0.1, 0.15) is 11.5 Å². The predicted octanol–water partition coefficient (Wildman–Crippen LogP) is 3.22. The largest absolute Gasteiger partial charge is 0.497 e. The molecule has 0 bridgehead atoms. The van der Waals surface area contributed by atoms with Gasteiger partial charge in [0.05, 0.1) is 14.2 Å². The number of hydrogen-bond acceptors (Lipinski definition) is 4. The molecule has 1 aliphatic carbocycles. The van der Waals surface area contributed by atoms with Gasteiger partial charge in [-0.3, -0.25) is 4.79 Å². The van der Waals surface area contributed by atoms with Crippen molar-refractivity contribution in [1.82, 2.24) is 10.2 Å². The Bertz CT molecular complexity index is 601. The van der Waals surface area contributed by atoms with Crippen molar-refractivity contribution in [2.75, 3.05) is 33.9 Å². The second-order valence-corrected chi connectivity index (χ2v) is 7.70. The Morgan fingerprint density at radius 3 is 2.77 bits per heavy atom. The van der Waals surface area contributed by atoms with Gasteiger partial charge in [-0.05, 0) is 62.6 Å². The number of nitrogens with zero attached hydrogens (tertiary/aromatic N) is 1. The van der Waals surface area contributed by atoms with E-state index in [1.54, 1.807) is 14.2 Å². The third-order valence-electron chi connectivity index (χ3n) is 5.57. The fourth-order valence-electron chi connectivity index (χ4n) is 3.83. The molecule has 1 aromatic carbocycles. The molecule has 5 nitrogen and oxygen atoms in total. The molecule has 1 amide bonds. The molecule has 2 fully saturated rings.